The van der Waals surface area contributed by atoms with Gasteiger partial charge in [0, 0.05) is 17.8 Å². The van der Waals surface area contributed by atoms with Crippen LogP contribution in [0.25, 0.3) is 6.08 Å². The van der Waals surface area contributed by atoms with Gasteiger partial charge in [-0.25, -0.2) is 9.59 Å². The Morgan fingerprint density at radius 3 is 2.57 bits per heavy atom. The molecule has 1 aliphatic carbocycles. The maximum absolute atomic E-state index is 11.8. The van der Waals surface area contributed by atoms with E-state index in [-0.39, 0.29) is 12.1 Å². The van der Waals surface area contributed by atoms with Crippen molar-refractivity contribution in [2.45, 2.75) is 32.2 Å². The van der Waals surface area contributed by atoms with Crippen molar-refractivity contribution in [1.82, 2.24) is 5.32 Å². The molecule has 112 valence electrons. The van der Waals surface area contributed by atoms with Crippen molar-refractivity contribution in [1.29, 1.82) is 0 Å². The fourth-order valence-electron chi connectivity index (χ4n) is 2.15. The highest BCUT2D eigenvalue weighted by Crippen LogP contribution is 2.33. The zero-order valence-corrected chi connectivity index (χ0v) is 12.0. The topological polar surface area (TPSA) is 78.4 Å². The van der Waals surface area contributed by atoms with Crippen LogP contribution in [0.4, 0.5) is 10.5 Å². The van der Waals surface area contributed by atoms with Gasteiger partial charge in [-0.3, -0.25) is 0 Å². The van der Waals surface area contributed by atoms with Crippen molar-refractivity contribution in [3.05, 3.63) is 35.9 Å². The molecule has 5 nitrogen and oxygen atoms in total. The molecule has 0 heterocycles. The normalized spacial score (nSPS) is 15.7. The third-order valence-corrected chi connectivity index (χ3v) is 3.35. The monoisotopic (exact) mass is 288 g/mol. The standard InChI is InChI=1S/C16H20N2O3/c1-11(10-13-2-3-13)17-16(21)18-14-7-4-12(5-8-14)6-9-15(19)20/h4-9,11,13H,2-3,10H2,1H3,(H,19,20)(H2,17,18,21). The summed E-state index contributed by atoms with van der Waals surface area (Å²) in [6.45, 7) is 2.01. The molecule has 1 atom stereocenters. The Bertz CT molecular complexity index is 533. The zero-order chi connectivity index (χ0) is 15.2. The van der Waals surface area contributed by atoms with E-state index in [2.05, 4.69) is 10.6 Å². The van der Waals surface area contributed by atoms with Gasteiger partial charge in [-0.1, -0.05) is 25.0 Å². The second-order valence-electron chi connectivity index (χ2n) is 5.47. The summed E-state index contributed by atoms with van der Waals surface area (Å²) in [5, 5.41) is 14.2. The molecule has 5 heteroatoms. The smallest absolute Gasteiger partial charge is 0.328 e. The van der Waals surface area contributed by atoms with Crippen molar-refractivity contribution < 1.29 is 14.7 Å². The molecule has 21 heavy (non-hydrogen) atoms. The van der Waals surface area contributed by atoms with Crippen LogP contribution in [0.1, 0.15) is 31.7 Å². The van der Waals surface area contributed by atoms with Crippen LogP contribution in [0.15, 0.2) is 30.3 Å². The number of hydrogen-bond donors (Lipinski definition) is 3. The molecule has 0 bridgehead atoms. The number of hydrogen-bond acceptors (Lipinski definition) is 2. The SMILES string of the molecule is CC(CC1CC1)NC(=O)Nc1ccc(C=CC(=O)O)cc1. The van der Waals surface area contributed by atoms with Crippen LogP contribution in [0.2, 0.25) is 0 Å². The molecule has 1 aromatic carbocycles. The predicted molar refractivity (Wildman–Crippen MR) is 82.1 cm³/mol. The summed E-state index contributed by atoms with van der Waals surface area (Å²) >= 11 is 0. The maximum Gasteiger partial charge on any atom is 0.328 e. The predicted octanol–water partition coefficient (Wildman–Crippen LogP) is 3.09. The molecule has 1 unspecified atom stereocenters. The number of urea groups is 1. The number of carbonyl (C=O) groups is 2. The average molecular weight is 288 g/mol. The Morgan fingerprint density at radius 2 is 2.00 bits per heavy atom. The van der Waals surface area contributed by atoms with E-state index in [1.165, 1.54) is 18.9 Å². The highest BCUT2D eigenvalue weighted by atomic mass is 16.4. The Morgan fingerprint density at radius 1 is 1.33 bits per heavy atom. The van der Waals surface area contributed by atoms with Gasteiger partial charge >= 0.3 is 12.0 Å². The molecule has 1 fully saturated rings. The van der Waals surface area contributed by atoms with E-state index in [9.17, 15) is 9.59 Å². The third kappa shape index (κ3) is 5.69. The van der Waals surface area contributed by atoms with Crippen LogP contribution in [-0.2, 0) is 4.79 Å². The first-order valence-corrected chi connectivity index (χ1v) is 7.11. The quantitative estimate of drug-likeness (QED) is 0.704. The van der Waals surface area contributed by atoms with Crippen LogP contribution < -0.4 is 10.6 Å². The molecule has 0 saturated heterocycles. The molecular formula is C16H20N2O3. The first kappa shape index (κ1) is 15.1. The average Bonchev–Trinajstić information content (AvgIpc) is 3.21. The number of benzene rings is 1. The summed E-state index contributed by atoms with van der Waals surface area (Å²) in [6, 6.07) is 6.96. The second-order valence-corrected chi connectivity index (χ2v) is 5.47. The van der Waals surface area contributed by atoms with E-state index in [1.54, 1.807) is 24.3 Å². The number of anilines is 1. The van der Waals surface area contributed by atoms with E-state index in [1.807, 2.05) is 6.92 Å². The van der Waals surface area contributed by atoms with Crippen molar-refractivity contribution in [2.24, 2.45) is 5.92 Å². The number of carboxylic acid groups (broad SMARTS) is 1. The number of aliphatic carboxylic acids is 1. The lowest BCUT2D eigenvalue weighted by atomic mass is 10.1. The molecule has 0 radical (unpaired) electrons. The molecule has 0 aliphatic heterocycles. The number of nitrogens with one attached hydrogen (secondary N) is 2. The number of carbonyl (C=O) groups excluding carboxylic acids is 1. The maximum atomic E-state index is 11.8. The van der Waals surface area contributed by atoms with Crippen LogP contribution in [0, 0.1) is 5.92 Å². The highest BCUT2D eigenvalue weighted by molar-refractivity contribution is 5.89. The van der Waals surface area contributed by atoms with Crippen molar-refractivity contribution in [3.63, 3.8) is 0 Å². The number of amides is 2. The first-order valence-electron chi connectivity index (χ1n) is 7.11. The minimum Gasteiger partial charge on any atom is -0.478 e. The molecule has 0 spiro atoms. The summed E-state index contributed by atoms with van der Waals surface area (Å²) in [4.78, 5) is 22.2. The molecular weight excluding hydrogens is 268 g/mol. The molecule has 3 N–H and O–H groups in total. The largest absolute Gasteiger partial charge is 0.478 e. The van der Waals surface area contributed by atoms with Crippen molar-refractivity contribution in [2.75, 3.05) is 5.32 Å². The summed E-state index contributed by atoms with van der Waals surface area (Å²) in [7, 11) is 0. The van der Waals surface area contributed by atoms with Crippen molar-refractivity contribution >= 4 is 23.8 Å². The van der Waals surface area contributed by atoms with E-state index in [4.69, 9.17) is 5.11 Å². The Hall–Kier alpha value is -2.30. The third-order valence-electron chi connectivity index (χ3n) is 3.35. The van der Waals surface area contributed by atoms with Gasteiger partial charge in [-0.2, -0.15) is 0 Å². The van der Waals surface area contributed by atoms with Gasteiger partial charge in [0.25, 0.3) is 0 Å². The summed E-state index contributed by atoms with van der Waals surface area (Å²) in [5.41, 5.74) is 1.45. The number of rotatable bonds is 6. The number of carboxylic acids is 1. The first-order chi connectivity index (χ1) is 10.0. The summed E-state index contributed by atoms with van der Waals surface area (Å²) in [5.74, 6) is -0.207. The zero-order valence-electron chi connectivity index (χ0n) is 12.0. The van der Waals surface area contributed by atoms with Gasteiger partial charge in [0.15, 0.2) is 0 Å². The minimum atomic E-state index is -0.985. The van der Waals surface area contributed by atoms with Gasteiger partial charge in [0.1, 0.15) is 0 Å². The highest BCUT2D eigenvalue weighted by Gasteiger charge is 2.24. The fourth-order valence-corrected chi connectivity index (χ4v) is 2.15. The van der Waals surface area contributed by atoms with Crippen molar-refractivity contribution in [3.8, 4) is 0 Å². The molecule has 2 rings (SSSR count). The lowest BCUT2D eigenvalue weighted by Gasteiger charge is -2.14. The van der Waals surface area contributed by atoms with Crippen LogP contribution in [0.3, 0.4) is 0 Å². The van der Waals surface area contributed by atoms with Gasteiger partial charge in [-0.05, 0) is 43.0 Å². The van der Waals surface area contributed by atoms with Gasteiger partial charge < -0.3 is 15.7 Å². The van der Waals surface area contributed by atoms with E-state index >= 15 is 0 Å². The fraction of sp³-hybridized carbons (Fsp3) is 0.375. The summed E-state index contributed by atoms with van der Waals surface area (Å²) in [6.07, 6.45) is 6.17. The minimum absolute atomic E-state index is 0.176. The lowest BCUT2D eigenvalue weighted by Crippen LogP contribution is -2.36. The Labute approximate surface area is 124 Å². The molecule has 1 saturated carbocycles. The van der Waals surface area contributed by atoms with E-state index in [0.717, 1.165) is 24.0 Å². The van der Waals surface area contributed by atoms with E-state index in [0.29, 0.717) is 5.69 Å². The summed E-state index contributed by atoms with van der Waals surface area (Å²) < 4.78 is 0. The van der Waals surface area contributed by atoms with E-state index < -0.39 is 5.97 Å². The molecule has 1 aliphatic rings. The second kappa shape index (κ2) is 6.92. The van der Waals surface area contributed by atoms with Gasteiger partial charge in [-0.15, -0.1) is 0 Å². The van der Waals surface area contributed by atoms with Gasteiger partial charge in [0.05, 0.1) is 0 Å². The van der Waals surface area contributed by atoms with Crippen LogP contribution in [-0.4, -0.2) is 23.1 Å². The molecule has 2 amide bonds. The van der Waals surface area contributed by atoms with Crippen LogP contribution in [0.5, 0.6) is 0 Å². The van der Waals surface area contributed by atoms with Crippen LogP contribution >= 0.6 is 0 Å². The lowest BCUT2D eigenvalue weighted by molar-refractivity contribution is -0.131. The molecule has 0 aromatic heterocycles. The Balaban J connectivity index is 1.81. The Kier molecular flexibility index (Phi) is 4.98. The molecule has 1 aromatic rings. The van der Waals surface area contributed by atoms with Gasteiger partial charge in [0.2, 0.25) is 0 Å².